The van der Waals surface area contributed by atoms with Crippen molar-refractivity contribution in [3.8, 4) is 17.2 Å². The van der Waals surface area contributed by atoms with Crippen LogP contribution in [0.2, 0.25) is 0 Å². The normalized spacial score (nSPS) is 14.7. The van der Waals surface area contributed by atoms with Crippen molar-refractivity contribution < 1.29 is 13.9 Å². The Kier molecular flexibility index (Phi) is 8.74. The molecule has 2 aromatic carbocycles. The highest BCUT2D eigenvalue weighted by atomic mass is 16.5. The second kappa shape index (κ2) is 12.4. The molecule has 1 fully saturated rings. The molecule has 0 bridgehead atoms. The molecule has 1 amide bonds. The van der Waals surface area contributed by atoms with E-state index in [0.717, 1.165) is 56.8 Å². The van der Waals surface area contributed by atoms with Crippen LogP contribution in [0.5, 0.6) is 5.75 Å². The summed E-state index contributed by atoms with van der Waals surface area (Å²) in [7, 11) is 0. The molecule has 1 N–H and O–H groups in total. The summed E-state index contributed by atoms with van der Waals surface area (Å²) >= 11 is 0. The maximum Gasteiger partial charge on any atom is 0.273 e. The third-order valence-electron chi connectivity index (χ3n) is 6.28. The standard InChI is InChI=1S/C28H35N3O3/c1-2-3-4-8-19-33-25-13-11-23(12-14-25)28-30-26(21-34-28)27(32)29-24-15-17-31(18-16-24)20-22-9-6-5-7-10-22/h5-7,9-14,21,24H,2-4,8,15-20H2,1H3,(H,29,32). The number of nitrogens with one attached hydrogen (secondary N) is 1. The van der Waals surface area contributed by atoms with Gasteiger partial charge >= 0.3 is 0 Å². The number of ether oxygens (including phenoxy) is 1. The van der Waals surface area contributed by atoms with Crippen molar-refractivity contribution in [3.05, 3.63) is 72.1 Å². The minimum absolute atomic E-state index is 0.161. The third kappa shape index (κ3) is 6.94. The number of likely N-dealkylation sites (tertiary alicyclic amines) is 1. The molecular formula is C28H35N3O3. The van der Waals surface area contributed by atoms with E-state index in [9.17, 15) is 4.79 Å². The van der Waals surface area contributed by atoms with Gasteiger partial charge in [-0.15, -0.1) is 0 Å². The molecule has 0 radical (unpaired) electrons. The summed E-state index contributed by atoms with van der Waals surface area (Å²) in [5, 5.41) is 3.12. The van der Waals surface area contributed by atoms with Gasteiger partial charge in [0, 0.05) is 31.2 Å². The van der Waals surface area contributed by atoms with E-state index < -0.39 is 0 Å². The maximum absolute atomic E-state index is 12.7. The fraction of sp³-hybridized carbons (Fsp3) is 0.429. The zero-order valence-electron chi connectivity index (χ0n) is 20.0. The average Bonchev–Trinajstić information content (AvgIpc) is 3.37. The van der Waals surface area contributed by atoms with Crippen molar-refractivity contribution >= 4 is 5.91 Å². The molecule has 6 nitrogen and oxygen atoms in total. The summed E-state index contributed by atoms with van der Waals surface area (Å²) < 4.78 is 11.4. The molecular weight excluding hydrogens is 426 g/mol. The van der Waals surface area contributed by atoms with E-state index in [2.05, 4.69) is 46.4 Å². The van der Waals surface area contributed by atoms with Gasteiger partial charge in [-0.25, -0.2) is 4.98 Å². The first-order chi connectivity index (χ1) is 16.7. The molecule has 0 atom stereocenters. The minimum Gasteiger partial charge on any atom is -0.494 e. The fourth-order valence-electron chi connectivity index (χ4n) is 4.26. The van der Waals surface area contributed by atoms with Crippen LogP contribution < -0.4 is 10.1 Å². The van der Waals surface area contributed by atoms with Crippen molar-refractivity contribution in [3.63, 3.8) is 0 Å². The average molecular weight is 462 g/mol. The maximum atomic E-state index is 12.7. The highest BCUT2D eigenvalue weighted by molar-refractivity contribution is 5.92. The van der Waals surface area contributed by atoms with Gasteiger partial charge in [-0.2, -0.15) is 0 Å². The number of nitrogens with zero attached hydrogens (tertiary/aromatic N) is 2. The van der Waals surface area contributed by atoms with E-state index >= 15 is 0 Å². The van der Waals surface area contributed by atoms with Crippen LogP contribution in [-0.4, -0.2) is 41.5 Å². The van der Waals surface area contributed by atoms with Crippen molar-refractivity contribution in [1.82, 2.24) is 15.2 Å². The van der Waals surface area contributed by atoms with Gasteiger partial charge in [0.1, 0.15) is 12.0 Å². The molecule has 6 heteroatoms. The van der Waals surface area contributed by atoms with Gasteiger partial charge in [-0.1, -0.05) is 56.5 Å². The predicted molar refractivity (Wildman–Crippen MR) is 134 cm³/mol. The number of aromatic nitrogens is 1. The van der Waals surface area contributed by atoms with Crippen LogP contribution in [0.15, 0.2) is 65.3 Å². The van der Waals surface area contributed by atoms with Crippen LogP contribution in [0, 0.1) is 0 Å². The van der Waals surface area contributed by atoms with Crippen molar-refractivity contribution in [1.29, 1.82) is 0 Å². The Bertz CT molecular complexity index is 1010. The van der Waals surface area contributed by atoms with Gasteiger partial charge in [-0.05, 0) is 49.1 Å². The Morgan fingerprint density at radius 3 is 2.56 bits per heavy atom. The van der Waals surface area contributed by atoms with Gasteiger partial charge in [0.15, 0.2) is 5.69 Å². The fourth-order valence-corrected chi connectivity index (χ4v) is 4.26. The lowest BCUT2D eigenvalue weighted by Crippen LogP contribution is -2.44. The topological polar surface area (TPSA) is 67.6 Å². The molecule has 4 rings (SSSR count). The van der Waals surface area contributed by atoms with Crippen molar-refractivity contribution in [2.45, 2.75) is 58.0 Å². The van der Waals surface area contributed by atoms with E-state index in [0.29, 0.717) is 11.6 Å². The first-order valence-electron chi connectivity index (χ1n) is 12.5. The van der Waals surface area contributed by atoms with Crippen LogP contribution >= 0.6 is 0 Å². The Balaban J connectivity index is 1.23. The molecule has 3 aromatic rings. The number of hydrogen-bond acceptors (Lipinski definition) is 5. The smallest absolute Gasteiger partial charge is 0.273 e. The third-order valence-corrected chi connectivity index (χ3v) is 6.28. The zero-order chi connectivity index (χ0) is 23.6. The van der Waals surface area contributed by atoms with Gasteiger partial charge in [0.25, 0.3) is 5.91 Å². The van der Waals surface area contributed by atoms with Crippen LogP contribution in [-0.2, 0) is 6.54 Å². The molecule has 0 saturated carbocycles. The summed E-state index contributed by atoms with van der Waals surface area (Å²) in [6.07, 6.45) is 8.04. The summed E-state index contributed by atoms with van der Waals surface area (Å²) in [6.45, 7) is 5.83. The molecule has 180 valence electrons. The molecule has 1 aliphatic heterocycles. The summed E-state index contributed by atoms with van der Waals surface area (Å²) in [4.78, 5) is 19.6. The molecule has 1 aliphatic rings. The molecule has 0 aliphatic carbocycles. The number of hydrogen-bond donors (Lipinski definition) is 1. The van der Waals surface area contributed by atoms with Crippen LogP contribution in [0.4, 0.5) is 0 Å². The van der Waals surface area contributed by atoms with E-state index in [1.54, 1.807) is 0 Å². The lowest BCUT2D eigenvalue weighted by molar-refractivity contribution is 0.0904. The predicted octanol–water partition coefficient (Wildman–Crippen LogP) is 5.70. The minimum atomic E-state index is -0.177. The van der Waals surface area contributed by atoms with Gasteiger partial charge in [-0.3, -0.25) is 9.69 Å². The zero-order valence-corrected chi connectivity index (χ0v) is 20.0. The number of carbonyl (C=O) groups excluding carboxylic acids is 1. The van der Waals surface area contributed by atoms with E-state index in [4.69, 9.17) is 9.15 Å². The molecule has 0 unspecified atom stereocenters. The lowest BCUT2D eigenvalue weighted by atomic mass is 10.0. The SMILES string of the molecule is CCCCCCOc1ccc(-c2nc(C(=O)NC3CCN(Cc4ccccc4)CC3)co2)cc1. The Hall–Kier alpha value is -3.12. The van der Waals surface area contributed by atoms with E-state index in [1.807, 2.05) is 30.3 Å². The summed E-state index contributed by atoms with van der Waals surface area (Å²) in [5.74, 6) is 1.10. The number of piperidine rings is 1. The van der Waals surface area contributed by atoms with Crippen LogP contribution in [0.1, 0.15) is 61.5 Å². The molecule has 2 heterocycles. The first kappa shape index (κ1) is 24.0. The van der Waals surface area contributed by atoms with E-state index in [1.165, 1.54) is 31.1 Å². The highest BCUT2D eigenvalue weighted by Gasteiger charge is 2.22. The Morgan fingerprint density at radius 2 is 1.82 bits per heavy atom. The number of amides is 1. The largest absolute Gasteiger partial charge is 0.494 e. The highest BCUT2D eigenvalue weighted by Crippen LogP contribution is 2.22. The Morgan fingerprint density at radius 1 is 1.06 bits per heavy atom. The Labute approximate surface area is 202 Å². The molecule has 1 saturated heterocycles. The van der Waals surface area contributed by atoms with E-state index in [-0.39, 0.29) is 11.9 Å². The quantitative estimate of drug-likeness (QED) is 0.371. The van der Waals surface area contributed by atoms with Crippen LogP contribution in [0.3, 0.4) is 0 Å². The van der Waals surface area contributed by atoms with Crippen molar-refractivity contribution in [2.75, 3.05) is 19.7 Å². The first-order valence-corrected chi connectivity index (χ1v) is 12.5. The number of benzene rings is 2. The summed E-state index contributed by atoms with van der Waals surface area (Å²) in [5.41, 5.74) is 2.47. The number of rotatable bonds is 11. The second-order valence-electron chi connectivity index (χ2n) is 8.98. The summed E-state index contributed by atoms with van der Waals surface area (Å²) in [6, 6.07) is 18.3. The molecule has 0 spiro atoms. The monoisotopic (exact) mass is 461 g/mol. The number of unbranched alkanes of at least 4 members (excludes halogenated alkanes) is 3. The van der Waals surface area contributed by atoms with Gasteiger partial charge in [0.05, 0.1) is 6.61 Å². The number of oxazole rings is 1. The molecule has 1 aromatic heterocycles. The number of carbonyl (C=O) groups is 1. The second-order valence-corrected chi connectivity index (χ2v) is 8.98. The van der Waals surface area contributed by atoms with Gasteiger partial charge < -0.3 is 14.5 Å². The van der Waals surface area contributed by atoms with Crippen molar-refractivity contribution in [2.24, 2.45) is 0 Å². The van der Waals surface area contributed by atoms with Gasteiger partial charge in [0.2, 0.25) is 5.89 Å². The van der Waals surface area contributed by atoms with Crippen LogP contribution in [0.25, 0.3) is 11.5 Å². The lowest BCUT2D eigenvalue weighted by Gasteiger charge is -2.32. The molecule has 34 heavy (non-hydrogen) atoms.